The first-order chi connectivity index (χ1) is 6.75. The second-order valence-corrected chi connectivity index (χ2v) is 4.09. The van der Waals surface area contributed by atoms with Gasteiger partial charge >= 0.3 is 0 Å². The number of hydrogen-bond acceptors (Lipinski definition) is 1. The third kappa shape index (κ3) is 2.13. The van der Waals surface area contributed by atoms with E-state index in [4.69, 9.17) is 0 Å². The summed E-state index contributed by atoms with van der Waals surface area (Å²) in [5.74, 6) is -0.0568. The summed E-state index contributed by atoms with van der Waals surface area (Å²) in [4.78, 5) is 0. The lowest BCUT2D eigenvalue weighted by molar-refractivity contribution is 0.560. The molecule has 1 saturated heterocycles. The van der Waals surface area contributed by atoms with Gasteiger partial charge in [0.25, 0.3) is 0 Å². The molecule has 0 bridgehead atoms. The monoisotopic (exact) mass is 193 g/mol. The Morgan fingerprint density at radius 3 is 3.00 bits per heavy atom. The predicted molar refractivity (Wildman–Crippen MR) is 55.9 cm³/mol. The van der Waals surface area contributed by atoms with Gasteiger partial charge in [0.15, 0.2) is 0 Å². The molecule has 1 aromatic rings. The van der Waals surface area contributed by atoms with Crippen molar-refractivity contribution in [2.45, 2.75) is 32.2 Å². The van der Waals surface area contributed by atoms with Crippen LogP contribution in [0.5, 0.6) is 0 Å². The van der Waals surface area contributed by atoms with E-state index in [-0.39, 0.29) is 5.82 Å². The van der Waals surface area contributed by atoms with Crippen molar-refractivity contribution in [3.8, 4) is 0 Å². The molecular weight excluding hydrogens is 177 g/mol. The van der Waals surface area contributed by atoms with Gasteiger partial charge in [-0.25, -0.2) is 4.39 Å². The van der Waals surface area contributed by atoms with Crippen LogP contribution in [0.15, 0.2) is 18.2 Å². The molecule has 0 aliphatic carbocycles. The first-order valence-corrected chi connectivity index (χ1v) is 5.24. The van der Waals surface area contributed by atoms with Gasteiger partial charge in [0, 0.05) is 6.04 Å². The molecule has 2 rings (SSSR count). The van der Waals surface area contributed by atoms with E-state index in [2.05, 4.69) is 5.32 Å². The average molecular weight is 193 g/mol. The Balaban J connectivity index is 2.08. The Hall–Kier alpha value is -0.890. The minimum absolute atomic E-state index is 0.0568. The fraction of sp³-hybridized carbons (Fsp3) is 0.500. The van der Waals surface area contributed by atoms with Gasteiger partial charge in [-0.3, -0.25) is 0 Å². The molecule has 1 fully saturated rings. The molecule has 1 heterocycles. The zero-order valence-electron chi connectivity index (χ0n) is 8.52. The second-order valence-electron chi connectivity index (χ2n) is 4.09. The second kappa shape index (κ2) is 4.09. The van der Waals surface area contributed by atoms with Crippen molar-refractivity contribution in [3.63, 3.8) is 0 Å². The summed E-state index contributed by atoms with van der Waals surface area (Å²) >= 11 is 0. The molecule has 0 spiro atoms. The smallest absolute Gasteiger partial charge is 0.126 e. The molecule has 1 aromatic carbocycles. The minimum atomic E-state index is -0.0568. The molecule has 14 heavy (non-hydrogen) atoms. The van der Waals surface area contributed by atoms with E-state index >= 15 is 0 Å². The van der Waals surface area contributed by atoms with Crippen LogP contribution in [0.25, 0.3) is 0 Å². The molecule has 1 unspecified atom stereocenters. The molecule has 0 saturated carbocycles. The molecule has 0 aromatic heterocycles. The van der Waals surface area contributed by atoms with E-state index in [1.807, 2.05) is 19.1 Å². The van der Waals surface area contributed by atoms with Crippen LogP contribution >= 0.6 is 0 Å². The van der Waals surface area contributed by atoms with Crippen molar-refractivity contribution < 1.29 is 4.39 Å². The summed E-state index contributed by atoms with van der Waals surface area (Å²) < 4.78 is 13.5. The van der Waals surface area contributed by atoms with E-state index in [9.17, 15) is 4.39 Å². The van der Waals surface area contributed by atoms with E-state index in [1.165, 1.54) is 12.8 Å². The first-order valence-electron chi connectivity index (χ1n) is 5.24. The molecular formula is C12H16FN. The van der Waals surface area contributed by atoms with E-state index in [1.54, 1.807) is 6.07 Å². The normalized spacial score (nSPS) is 21.4. The first kappa shape index (κ1) is 9.66. The zero-order valence-corrected chi connectivity index (χ0v) is 8.52. The topological polar surface area (TPSA) is 12.0 Å². The van der Waals surface area contributed by atoms with Crippen LogP contribution in [0, 0.1) is 12.7 Å². The Labute approximate surface area is 84.3 Å². The highest BCUT2D eigenvalue weighted by atomic mass is 19.1. The summed E-state index contributed by atoms with van der Waals surface area (Å²) in [6.07, 6.45) is 3.22. The number of nitrogens with one attached hydrogen (secondary N) is 1. The quantitative estimate of drug-likeness (QED) is 0.760. The largest absolute Gasteiger partial charge is 0.314 e. The fourth-order valence-electron chi connectivity index (χ4n) is 2.01. The molecule has 2 heteroatoms. The third-order valence-electron chi connectivity index (χ3n) is 2.84. The van der Waals surface area contributed by atoms with Crippen LogP contribution in [-0.2, 0) is 6.42 Å². The maximum Gasteiger partial charge on any atom is 0.126 e. The van der Waals surface area contributed by atoms with Gasteiger partial charge in [-0.2, -0.15) is 0 Å². The Morgan fingerprint density at radius 2 is 2.36 bits per heavy atom. The van der Waals surface area contributed by atoms with Gasteiger partial charge in [-0.1, -0.05) is 12.1 Å². The van der Waals surface area contributed by atoms with Gasteiger partial charge in [-0.05, 0) is 49.9 Å². The summed E-state index contributed by atoms with van der Waals surface area (Å²) in [7, 11) is 0. The lowest BCUT2D eigenvalue weighted by Gasteiger charge is -2.10. The van der Waals surface area contributed by atoms with Gasteiger partial charge < -0.3 is 5.32 Å². The molecule has 1 aliphatic heterocycles. The zero-order chi connectivity index (χ0) is 9.97. The maximum absolute atomic E-state index is 13.5. The highest BCUT2D eigenvalue weighted by Crippen LogP contribution is 2.15. The highest BCUT2D eigenvalue weighted by molar-refractivity contribution is 5.24. The predicted octanol–water partition coefficient (Wildman–Crippen LogP) is 2.43. The molecule has 1 aliphatic rings. The van der Waals surface area contributed by atoms with Crippen molar-refractivity contribution in [2.24, 2.45) is 0 Å². The van der Waals surface area contributed by atoms with Crippen molar-refractivity contribution in [2.75, 3.05) is 6.54 Å². The lowest BCUT2D eigenvalue weighted by atomic mass is 10.0. The number of hydrogen-bond donors (Lipinski definition) is 1. The van der Waals surface area contributed by atoms with Crippen molar-refractivity contribution in [1.29, 1.82) is 0 Å². The molecule has 0 amide bonds. The molecule has 0 radical (unpaired) electrons. The minimum Gasteiger partial charge on any atom is -0.314 e. The van der Waals surface area contributed by atoms with Gasteiger partial charge in [-0.15, -0.1) is 0 Å². The number of rotatable bonds is 2. The molecule has 76 valence electrons. The van der Waals surface area contributed by atoms with Crippen LogP contribution in [0.4, 0.5) is 4.39 Å². The number of aryl methyl sites for hydroxylation is 1. The highest BCUT2D eigenvalue weighted by Gasteiger charge is 2.15. The lowest BCUT2D eigenvalue weighted by Crippen LogP contribution is -2.24. The standard InChI is InChI=1S/C12H16FN/c1-9-4-5-10(12(13)7-9)8-11-3-2-6-14-11/h4-5,7,11,14H,2-3,6,8H2,1H3. The molecule has 1 nitrogen and oxygen atoms in total. The summed E-state index contributed by atoms with van der Waals surface area (Å²) in [6.45, 7) is 3.00. The van der Waals surface area contributed by atoms with E-state index in [0.717, 1.165) is 24.1 Å². The van der Waals surface area contributed by atoms with Crippen LogP contribution in [0.1, 0.15) is 24.0 Å². The van der Waals surface area contributed by atoms with Crippen LogP contribution < -0.4 is 5.32 Å². The van der Waals surface area contributed by atoms with E-state index in [0.29, 0.717) is 6.04 Å². The van der Waals surface area contributed by atoms with Crippen molar-refractivity contribution >= 4 is 0 Å². The number of halogens is 1. The Kier molecular flexibility index (Phi) is 2.82. The van der Waals surface area contributed by atoms with Crippen LogP contribution in [0.2, 0.25) is 0 Å². The maximum atomic E-state index is 13.5. The van der Waals surface area contributed by atoms with Crippen LogP contribution in [0.3, 0.4) is 0 Å². The molecule has 1 atom stereocenters. The number of benzene rings is 1. The Bertz CT molecular complexity index is 316. The van der Waals surface area contributed by atoms with Crippen LogP contribution in [-0.4, -0.2) is 12.6 Å². The Morgan fingerprint density at radius 1 is 1.50 bits per heavy atom. The van der Waals surface area contributed by atoms with E-state index < -0.39 is 0 Å². The average Bonchev–Trinajstić information content (AvgIpc) is 2.62. The third-order valence-corrected chi connectivity index (χ3v) is 2.84. The summed E-state index contributed by atoms with van der Waals surface area (Å²) in [5, 5.41) is 3.38. The van der Waals surface area contributed by atoms with Crippen molar-refractivity contribution in [3.05, 3.63) is 35.1 Å². The SMILES string of the molecule is Cc1ccc(CC2CCCN2)c(F)c1. The fourth-order valence-corrected chi connectivity index (χ4v) is 2.01. The van der Waals surface area contributed by atoms with Crippen molar-refractivity contribution in [1.82, 2.24) is 5.32 Å². The van der Waals surface area contributed by atoms with Gasteiger partial charge in [0.2, 0.25) is 0 Å². The summed E-state index contributed by atoms with van der Waals surface area (Å²) in [5.41, 5.74) is 1.83. The van der Waals surface area contributed by atoms with Gasteiger partial charge in [0.05, 0.1) is 0 Å². The summed E-state index contributed by atoms with van der Waals surface area (Å²) in [6, 6.07) is 5.98. The molecule has 1 N–H and O–H groups in total. The van der Waals surface area contributed by atoms with Gasteiger partial charge in [0.1, 0.15) is 5.82 Å².